The van der Waals surface area contributed by atoms with E-state index in [0.29, 0.717) is 16.3 Å². The highest BCUT2D eigenvalue weighted by molar-refractivity contribution is 6.30. The minimum atomic E-state index is -0.955. The number of carboxylic acids is 1. The van der Waals surface area contributed by atoms with Gasteiger partial charge in [-0.15, -0.1) is 0 Å². The molecule has 0 aromatic heterocycles. The lowest BCUT2D eigenvalue weighted by molar-refractivity contribution is -0.138. The molecule has 2 N–H and O–H groups in total. The summed E-state index contributed by atoms with van der Waals surface area (Å²) in [6.07, 6.45) is 0.284. The van der Waals surface area contributed by atoms with E-state index < -0.39 is 11.9 Å². The topological polar surface area (TPSA) is 66.8 Å². The van der Waals surface area contributed by atoms with Gasteiger partial charge in [0.05, 0.1) is 13.0 Å². The first kappa shape index (κ1) is 15.2. The quantitative estimate of drug-likeness (QED) is 0.887. The maximum Gasteiger partial charge on any atom is 0.311 e. The Hall–Kier alpha value is -2.20. The lowest BCUT2D eigenvalue weighted by Gasteiger charge is -2.16. The van der Waals surface area contributed by atoms with E-state index in [9.17, 15) is 15.0 Å². The summed E-state index contributed by atoms with van der Waals surface area (Å²) >= 11 is 5.96. The predicted molar refractivity (Wildman–Crippen MR) is 80.2 cm³/mol. The van der Waals surface area contributed by atoms with Crippen molar-refractivity contribution in [3.8, 4) is 11.5 Å². The molecule has 2 aromatic carbocycles. The van der Waals surface area contributed by atoms with Gasteiger partial charge in [0.15, 0.2) is 0 Å². The van der Waals surface area contributed by atoms with Gasteiger partial charge in [-0.3, -0.25) is 4.79 Å². The summed E-state index contributed by atoms with van der Waals surface area (Å²) in [7, 11) is 1.49. The number of carbonyl (C=O) groups is 1. The van der Waals surface area contributed by atoms with Crippen LogP contribution in [0.4, 0.5) is 0 Å². The summed E-state index contributed by atoms with van der Waals surface area (Å²) in [5.41, 5.74) is 1.34. The molecule has 0 saturated carbocycles. The number of hydrogen-bond acceptors (Lipinski definition) is 3. The molecule has 5 heteroatoms. The second kappa shape index (κ2) is 6.50. The number of ether oxygens (including phenoxy) is 1. The molecule has 2 rings (SSSR count). The number of halogens is 1. The molecule has 0 heterocycles. The van der Waals surface area contributed by atoms with Crippen LogP contribution in [0.5, 0.6) is 11.5 Å². The smallest absolute Gasteiger partial charge is 0.311 e. The molecule has 0 aliphatic carbocycles. The van der Waals surface area contributed by atoms with Crippen LogP contribution in [0.25, 0.3) is 0 Å². The molecule has 21 heavy (non-hydrogen) atoms. The van der Waals surface area contributed by atoms with Crippen molar-refractivity contribution in [2.45, 2.75) is 12.3 Å². The minimum absolute atomic E-state index is 0.144. The van der Waals surface area contributed by atoms with Gasteiger partial charge in [-0.1, -0.05) is 23.7 Å². The van der Waals surface area contributed by atoms with Gasteiger partial charge < -0.3 is 14.9 Å². The summed E-state index contributed by atoms with van der Waals surface area (Å²) in [4.78, 5) is 11.6. The van der Waals surface area contributed by atoms with Crippen LogP contribution in [0.3, 0.4) is 0 Å². The Balaban J connectivity index is 2.37. The molecule has 0 bridgehead atoms. The zero-order chi connectivity index (χ0) is 15.4. The van der Waals surface area contributed by atoms with Crippen molar-refractivity contribution in [1.29, 1.82) is 0 Å². The predicted octanol–water partition coefficient (Wildman–Crippen LogP) is 3.47. The summed E-state index contributed by atoms with van der Waals surface area (Å²) in [6, 6.07) is 11.4. The number of methoxy groups -OCH3 is 1. The Morgan fingerprint density at radius 2 is 1.90 bits per heavy atom. The first-order chi connectivity index (χ1) is 10.0. The van der Waals surface area contributed by atoms with E-state index in [2.05, 4.69) is 0 Å². The van der Waals surface area contributed by atoms with Crippen LogP contribution in [-0.2, 0) is 11.2 Å². The largest absolute Gasteiger partial charge is 0.508 e. The molecule has 0 spiro atoms. The lowest BCUT2D eigenvalue weighted by atomic mass is 9.91. The van der Waals surface area contributed by atoms with E-state index >= 15 is 0 Å². The molecule has 0 aliphatic heterocycles. The van der Waals surface area contributed by atoms with Crippen LogP contribution >= 0.6 is 11.6 Å². The van der Waals surface area contributed by atoms with Gasteiger partial charge in [0.1, 0.15) is 11.5 Å². The number of phenols is 1. The second-order valence-corrected chi connectivity index (χ2v) is 5.08. The molecule has 1 unspecified atom stereocenters. The third-order valence-corrected chi connectivity index (χ3v) is 3.48. The van der Waals surface area contributed by atoms with Gasteiger partial charge in [0, 0.05) is 10.6 Å². The summed E-state index contributed by atoms with van der Waals surface area (Å²) in [6.45, 7) is 0. The van der Waals surface area contributed by atoms with Crippen LogP contribution in [0.2, 0.25) is 5.02 Å². The third kappa shape index (κ3) is 3.67. The summed E-state index contributed by atoms with van der Waals surface area (Å²) in [5.74, 6) is -1.09. The van der Waals surface area contributed by atoms with Crippen LogP contribution < -0.4 is 4.74 Å². The number of benzene rings is 2. The average molecular weight is 307 g/mol. The molecular weight excluding hydrogens is 292 g/mol. The number of aliphatic carboxylic acids is 1. The molecule has 0 radical (unpaired) electrons. The molecule has 4 nitrogen and oxygen atoms in total. The van der Waals surface area contributed by atoms with Crippen LogP contribution in [0.1, 0.15) is 17.0 Å². The number of aromatic hydroxyl groups is 1. The molecule has 110 valence electrons. The standard InChI is InChI=1S/C16H15ClO4/c1-21-15-7-4-11(17)9-13(15)14(16(19)20)8-10-2-5-12(18)6-3-10/h2-7,9,14,18H,8H2,1H3,(H,19,20). The van der Waals surface area contributed by atoms with Gasteiger partial charge in [-0.2, -0.15) is 0 Å². The number of hydrogen-bond donors (Lipinski definition) is 2. The van der Waals surface area contributed by atoms with Crippen molar-refractivity contribution in [3.05, 3.63) is 58.6 Å². The minimum Gasteiger partial charge on any atom is -0.508 e. The van der Waals surface area contributed by atoms with E-state index in [1.54, 1.807) is 30.3 Å². The second-order valence-electron chi connectivity index (χ2n) is 4.65. The number of phenolic OH excluding ortho intramolecular Hbond substituents is 1. The zero-order valence-corrected chi connectivity index (χ0v) is 12.2. The normalized spacial score (nSPS) is 11.9. The van der Waals surface area contributed by atoms with Crippen molar-refractivity contribution in [3.63, 3.8) is 0 Å². The summed E-state index contributed by atoms with van der Waals surface area (Å²) in [5, 5.41) is 19.2. The highest BCUT2D eigenvalue weighted by Gasteiger charge is 2.24. The van der Waals surface area contributed by atoms with Crippen LogP contribution in [-0.4, -0.2) is 23.3 Å². The lowest BCUT2D eigenvalue weighted by Crippen LogP contribution is -2.15. The fourth-order valence-corrected chi connectivity index (χ4v) is 2.36. The number of carboxylic acid groups (broad SMARTS) is 1. The van der Waals surface area contributed by atoms with Crippen molar-refractivity contribution < 1.29 is 19.7 Å². The third-order valence-electron chi connectivity index (χ3n) is 3.24. The monoisotopic (exact) mass is 306 g/mol. The average Bonchev–Trinajstić information content (AvgIpc) is 2.46. The first-order valence-corrected chi connectivity index (χ1v) is 6.73. The van der Waals surface area contributed by atoms with Gasteiger partial charge in [0.25, 0.3) is 0 Å². The molecule has 0 saturated heterocycles. The zero-order valence-electron chi connectivity index (χ0n) is 11.4. The van der Waals surface area contributed by atoms with Crippen molar-refractivity contribution in [2.75, 3.05) is 7.11 Å². The van der Waals surface area contributed by atoms with E-state index in [1.807, 2.05) is 0 Å². The summed E-state index contributed by atoms with van der Waals surface area (Å²) < 4.78 is 5.23. The fourth-order valence-electron chi connectivity index (χ4n) is 2.18. The molecular formula is C16H15ClO4. The molecule has 0 aliphatic rings. The Labute approximate surface area is 127 Å². The first-order valence-electron chi connectivity index (χ1n) is 6.35. The highest BCUT2D eigenvalue weighted by atomic mass is 35.5. The van der Waals surface area contributed by atoms with E-state index in [-0.39, 0.29) is 12.2 Å². The molecule has 0 fully saturated rings. The molecule has 1 atom stereocenters. The van der Waals surface area contributed by atoms with Gasteiger partial charge >= 0.3 is 5.97 Å². The van der Waals surface area contributed by atoms with Crippen LogP contribution in [0, 0.1) is 0 Å². The number of rotatable bonds is 5. The van der Waals surface area contributed by atoms with Gasteiger partial charge in [-0.25, -0.2) is 0 Å². The Morgan fingerprint density at radius 1 is 1.24 bits per heavy atom. The van der Waals surface area contributed by atoms with E-state index in [0.717, 1.165) is 5.56 Å². The molecule has 0 amide bonds. The Kier molecular flexibility index (Phi) is 4.70. The van der Waals surface area contributed by atoms with Crippen molar-refractivity contribution in [2.24, 2.45) is 0 Å². The Morgan fingerprint density at radius 3 is 2.48 bits per heavy atom. The SMILES string of the molecule is COc1ccc(Cl)cc1C(Cc1ccc(O)cc1)C(=O)O. The van der Waals surface area contributed by atoms with E-state index in [4.69, 9.17) is 16.3 Å². The molecule has 2 aromatic rings. The van der Waals surface area contributed by atoms with Gasteiger partial charge in [0.2, 0.25) is 0 Å². The fraction of sp³-hybridized carbons (Fsp3) is 0.188. The maximum atomic E-state index is 11.6. The Bertz CT molecular complexity index is 637. The van der Waals surface area contributed by atoms with Gasteiger partial charge in [-0.05, 0) is 42.3 Å². The highest BCUT2D eigenvalue weighted by Crippen LogP contribution is 2.32. The van der Waals surface area contributed by atoms with Crippen molar-refractivity contribution >= 4 is 17.6 Å². The van der Waals surface area contributed by atoms with Crippen molar-refractivity contribution in [1.82, 2.24) is 0 Å². The van der Waals surface area contributed by atoms with E-state index in [1.165, 1.54) is 19.2 Å². The van der Waals surface area contributed by atoms with Crippen LogP contribution in [0.15, 0.2) is 42.5 Å². The maximum absolute atomic E-state index is 11.6.